The Balaban J connectivity index is 1.18. The van der Waals surface area contributed by atoms with Gasteiger partial charge in [0.05, 0.1) is 32.0 Å². The molecule has 0 radical (unpaired) electrons. The third-order valence-electron chi connectivity index (χ3n) is 6.54. The van der Waals surface area contributed by atoms with Crippen molar-refractivity contribution < 1.29 is 14.3 Å². The number of rotatable bonds is 8. The van der Waals surface area contributed by atoms with Gasteiger partial charge in [-0.1, -0.05) is 42.5 Å². The highest BCUT2D eigenvalue weighted by Crippen LogP contribution is 2.29. The highest BCUT2D eigenvalue weighted by Gasteiger charge is 2.26. The van der Waals surface area contributed by atoms with Gasteiger partial charge in [0, 0.05) is 43.2 Å². The summed E-state index contributed by atoms with van der Waals surface area (Å²) in [5, 5.41) is 7.72. The lowest BCUT2D eigenvalue weighted by atomic mass is 10.1. The zero-order valence-electron chi connectivity index (χ0n) is 19.9. The minimum absolute atomic E-state index is 0.0712. The van der Waals surface area contributed by atoms with Crippen LogP contribution in [0.15, 0.2) is 60.7 Å². The molecular weight excluding hydrogens is 442 g/mol. The smallest absolute Gasteiger partial charge is 0.251 e. The van der Waals surface area contributed by atoms with Crippen LogP contribution in [-0.4, -0.2) is 65.9 Å². The summed E-state index contributed by atoms with van der Waals surface area (Å²) >= 11 is 0. The summed E-state index contributed by atoms with van der Waals surface area (Å²) < 4.78 is 7.27. The molecule has 3 aromatic rings. The standard InChI is InChI=1S/C27H31N5O3/c33-26-11-14-32-25(19-24(29-32)22-5-2-1-3-6-22)31(26)20-21-7-9-23(10-8-21)27(34)28-12-4-13-30-15-17-35-18-16-30/h1-3,5-10,19H,4,11-18,20H2,(H,28,34). The van der Waals surface area contributed by atoms with Crippen LogP contribution in [-0.2, 0) is 22.6 Å². The average molecular weight is 474 g/mol. The number of aryl methyl sites for hydroxylation is 1. The first kappa shape index (κ1) is 23.3. The van der Waals surface area contributed by atoms with Gasteiger partial charge in [0.15, 0.2) is 0 Å². The van der Waals surface area contributed by atoms with Gasteiger partial charge in [-0.25, -0.2) is 4.68 Å². The van der Waals surface area contributed by atoms with Crippen molar-refractivity contribution in [3.63, 3.8) is 0 Å². The molecule has 0 atom stereocenters. The monoisotopic (exact) mass is 473 g/mol. The number of ether oxygens (including phenoxy) is 1. The lowest BCUT2D eigenvalue weighted by Gasteiger charge is -2.27. The summed E-state index contributed by atoms with van der Waals surface area (Å²) in [5.41, 5.74) is 3.49. The van der Waals surface area contributed by atoms with Crippen molar-refractivity contribution in [1.29, 1.82) is 0 Å². The molecule has 0 aliphatic carbocycles. The van der Waals surface area contributed by atoms with Gasteiger partial charge in [0.2, 0.25) is 5.91 Å². The fourth-order valence-corrected chi connectivity index (χ4v) is 4.55. The molecule has 0 bridgehead atoms. The second-order valence-corrected chi connectivity index (χ2v) is 8.97. The number of amides is 2. The topological polar surface area (TPSA) is 79.7 Å². The van der Waals surface area contributed by atoms with E-state index in [0.29, 0.717) is 31.6 Å². The van der Waals surface area contributed by atoms with Crippen molar-refractivity contribution >= 4 is 17.6 Å². The van der Waals surface area contributed by atoms with Gasteiger partial charge >= 0.3 is 0 Å². The predicted molar refractivity (Wildman–Crippen MR) is 134 cm³/mol. The molecule has 1 aromatic heterocycles. The fraction of sp³-hybridized carbons (Fsp3) is 0.370. The summed E-state index contributed by atoms with van der Waals surface area (Å²) in [6, 6.07) is 19.5. The first-order chi connectivity index (χ1) is 17.2. The molecule has 2 aliphatic rings. The number of fused-ring (bicyclic) bond motifs is 1. The molecule has 0 saturated carbocycles. The van der Waals surface area contributed by atoms with Crippen LogP contribution in [0, 0.1) is 0 Å². The van der Waals surface area contributed by atoms with E-state index in [1.165, 1.54) is 0 Å². The van der Waals surface area contributed by atoms with Gasteiger partial charge in [-0.2, -0.15) is 5.10 Å². The molecule has 182 valence electrons. The van der Waals surface area contributed by atoms with Gasteiger partial charge in [-0.3, -0.25) is 19.4 Å². The number of benzene rings is 2. The Hall–Kier alpha value is -3.49. The summed E-state index contributed by atoms with van der Waals surface area (Å²) in [4.78, 5) is 29.4. The molecule has 1 N–H and O–H groups in total. The number of morpholine rings is 1. The van der Waals surface area contributed by atoms with Crippen LogP contribution in [0.5, 0.6) is 0 Å². The Morgan fingerprint density at radius 2 is 1.77 bits per heavy atom. The second-order valence-electron chi connectivity index (χ2n) is 8.97. The molecule has 35 heavy (non-hydrogen) atoms. The SMILES string of the molecule is O=C(NCCCN1CCOCC1)c1ccc(CN2C(=O)CCn3nc(-c4ccccc4)cc32)cc1. The quantitative estimate of drug-likeness (QED) is 0.509. The Morgan fingerprint density at radius 3 is 2.54 bits per heavy atom. The number of nitrogens with one attached hydrogen (secondary N) is 1. The molecule has 8 nitrogen and oxygen atoms in total. The van der Waals surface area contributed by atoms with Crippen molar-refractivity contribution in [2.24, 2.45) is 0 Å². The van der Waals surface area contributed by atoms with E-state index >= 15 is 0 Å². The van der Waals surface area contributed by atoms with Gasteiger partial charge in [0.1, 0.15) is 5.82 Å². The minimum atomic E-state index is -0.0712. The second kappa shape index (κ2) is 10.8. The van der Waals surface area contributed by atoms with Crippen molar-refractivity contribution in [2.75, 3.05) is 44.3 Å². The van der Waals surface area contributed by atoms with Crippen LogP contribution in [0.2, 0.25) is 0 Å². The van der Waals surface area contributed by atoms with E-state index < -0.39 is 0 Å². The molecule has 0 spiro atoms. The molecule has 2 aromatic carbocycles. The molecule has 0 unspecified atom stereocenters. The molecule has 3 heterocycles. The van der Waals surface area contributed by atoms with E-state index in [1.54, 1.807) is 4.90 Å². The average Bonchev–Trinajstić information content (AvgIpc) is 3.34. The van der Waals surface area contributed by atoms with E-state index in [2.05, 4.69) is 10.2 Å². The van der Waals surface area contributed by atoms with Gasteiger partial charge in [-0.05, 0) is 30.7 Å². The van der Waals surface area contributed by atoms with E-state index in [0.717, 1.165) is 61.9 Å². The number of aromatic nitrogens is 2. The Morgan fingerprint density at radius 1 is 1.00 bits per heavy atom. The molecule has 2 aliphatic heterocycles. The number of nitrogens with zero attached hydrogens (tertiary/aromatic N) is 4. The first-order valence-corrected chi connectivity index (χ1v) is 12.3. The summed E-state index contributed by atoms with van der Waals surface area (Å²) in [5.74, 6) is 0.819. The highest BCUT2D eigenvalue weighted by atomic mass is 16.5. The zero-order valence-corrected chi connectivity index (χ0v) is 19.9. The van der Waals surface area contributed by atoms with E-state index in [-0.39, 0.29) is 11.8 Å². The number of hydrogen-bond donors (Lipinski definition) is 1. The van der Waals surface area contributed by atoms with Gasteiger partial charge in [0.25, 0.3) is 5.91 Å². The number of anilines is 1. The van der Waals surface area contributed by atoms with Crippen LogP contribution in [0.3, 0.4) is 0 Å². The summed E-state index contributed by atoms with van der Waals surface area (Å²) in [7, 11) is 0. The van der Waals surface area contributed by atoms with Crippen molar-refractivity contribution in [3.05, 3.63) is 71.8 Å². The van der Waals surface area contributed by atoms with Crippen LogP contribution >= 0.6 is 0 Å². The normalized spacial score (nSPS) is 16.2. The number of hydrogen-bond acceptors (Lipinski definition) is 5. The van der Waals surface area contributed by atoms with E-state index in [1.807, 2.05) is 65.3 Å². The number of carbonyl (C=O) groups is 2. The molecular formula is C27H31N5O3. The third-order valence-corrected chi connectivity index (χ3v) is 6.54. The Labute approximate surface area is 205 Å². The summed E-state index contributed by atoms with van der Waals surface area (Å²) in [6.07, 6.45) is 1.34. The van der Waals surface area contributed by atoms with Crippen LogP contribution in [0.1, 0.15) is 28.8 Å². The molecule has 1 saturated heterocycles. The van der Waals surface area contributed by atoms with Gasteiger partial charge < -0.3 is 10.1 Å². The largest absolute Gasteiger partial charge is 0.379 e. The minimum Gasteiger partial charge on any atom is -0.379 e. The van der Waals surface area contributed by atoms with E-state index in [9.17, 15) is 9.59 Å². The zero-order chi connectivity index (χ0) is 24.0. The van der Waals surface area contributed by atoms with Crippen molar-refractivity contribution in [3.8, 4) is 11.3 Å². The number of carbonyl (C=O) groups excluding carboxylic acids is 2. The lowest BCUT2D eigenvalue weighted by molar-refractivity contribution is -0.119. The maximum atomic E-state index is 12.8. The summed E-state index contributed by atoms with van der Waals surface area (Å²) in [6.45, 7) is 6.15. The lowest BCUT2D eigenvalue weighted by Crippen LogP contribution is -2.38. The maximum absolute atomic E-state index is 12.8. The molecule has 5 rings (SSSR count). The Kier molecular flexibility index (Phi) is 7.20. The van der Waals surface area contributed by atoms with E-state index in [4.69, 9.17) is 9.84 Å². The van der Waals surface area contributed by atoms with Crippen LogP contribution in [0.25, 0.3) is 11.3 Å². The van der Waals surface area contributed by atoms with Gasteiger partial charge in [-0.15, -0.1) is 0 Å². The van der Waals surface area contributed by atoms with Crippen LogP contribution < -0.4 is 10.2 Å². The maximum Gasteiger partial charge on any atom is 0.251 e. The first-order valence-electron chi connectivity index (χ1n) is 12.3. The molecule has 2 amide bonds. The van der Waals surface area contributed by atoms with Crippen molar-refractivity contribution in [1.82, 2.24) is 20.0 Å². The molecule has 1 fully saturated rings. The predicted octanol–water partition coefficient (Wildman–Crippen LogP) is 2.94. The van der Waals surface area contributed by atoms with Crippen LogP contribution in [0.4, 0.5) is 5.82 Å². The Bertz CT molecular complexity index is 1150. The van der Waals surface area contributed by atoms with Crippen molar-refractivity contribution in [2.45, 2.75) is 25.9 Å². The third kappa shape index (κ3) is 5.61. The fourth-order valence-electron chi connectivity index (χ4n) is 4.55. The molecule has 8 heteroatoms. The highest BCUT2D eigenvalue weighted by molar-refractivity contribution is 5.95.